The van der Waals surface area contributed by atoms with Gasteiger partial charge in [-0.2, -0.15) is 0 Å². The molecule has 0 aliphatic rings. The highest BCUT2D eigenvalue weighted by Crippen LogP contribution is 2.48. The Labute approximate surface area is 244 Å². The zero-order valence-electron chi connectivity index (χ0n) is 24.9. The largest absolute Gasteiger partial charge is 0.493 e. The molecular formula is C32H36O8S. The fraction of sp³-hybridized carbons (Fsp3) is 0.344. The molecule has 0 amide bonds. The first kappa shape index (κ1) is 29.9. The van der Waals surface area contributed by atoms with Crippen molar-refractivity contribution in [3.05, 3.63) is 52.9 Å². The SMILES string of the molecule is COc1ccc(C(=O)c2sc3cc(OC)c(OC(C)C)cc3c2-c2cc(OC)c(OC)c(OC)c2)cc1OC(C)C. The maximum absolute atomic E-state index is 14.3. The average molecular weight is 581 g/mol. The van der Waals surface area contributed by atoms with Crippen LogP contribution in [0.15, 0.2) is 42.5 Å². The Bertz CT molecular complexity index is 1530. The first-order chi connectivity index (χ1) is 19.6. The fourth-order valence-electron chi connectivity index (χ4n) is 4.58. The van der Waals surface area contributed by atoms with Crippen LogP contribution in [0.3, 0.4) is 0 Å². The molecule has 0 radical (unpaired) electrons. The zero-order valence-corrected chi connectivity index (χ0v) is 25.7. The summed E-state index contributed by atoms with van der Waals surface area (Å²) in [6.45, 7) is 7.75. The van der Waals surface area contributed by atoms with Gasteiger partial charge in [-0.25, -0.2) is 0 Å². The maximum atomic E-state index is 14.3. The molecular weight excluding hydrogens is 544 g/mol. The van der Waals surface area contributed by atoms with E-state index in [2.05, 4.69) is 0 Å². The number of ketones is 1. The summed E-state index contributed by atoms with van der Waals surface area (Å²) in [6, 6.07) is 12.7. The highest BCUT2D eigenvalue weighted by Gasteiger charge is 2.26. The molecule has 0 bridgehead atoms. The number of fused-ring (bicyclic) bond motifs is 1. The van der Waals surface area contributed by atoms with Gasteiger partial charge in [-0.3, -0.25) is 4.79 Å². The van der Waals surface area contributed by atoms with Crippen LogP contribution in [0.2, 0.25) is 0 Å². The van der Waals surface area contributed by atoms with Crippen molar-refractivity contribution in [2.24, 2.45) is 0 Å². The van der Waals surface area contributed by atoms with Gasteiger partial charge in [0, 0.05) is 27.3 Å². The van der Waals surface area contributed by atoms with Crippen molar-refractivity contribution >= 4 is 27.2 Å². The third-order valence-corrected chi connectivity index (χ3v) is 7.44. The van der Waals surface area contributed by atoms with Crippen molar-refractivity contribution in [2.45, 2.75) is 39.9 Å². The van der Waals surface area contributed by atoms with Gasteiger partial charge in [0.2, 0.25) is 11.5 Å². The number of carbonyl (C=O) groups excluding carboxylic acids is 1. The first-order valence-corrected chi connectivity index (χ1v) is 14.0. The third-order valence-electron chi connectivity index (χ3n) is 6.29. The van der Waals surface area contributed by atoms with E-state index in [0.717, 1.165) is 15.6 Å². The summed E-state index contributed by atoms with van der Waals surface area (Å²) in [5.74, 6) is 3.46. The van der Waals surface area contributed by atoms with E-state index in [-0.39, 0.29) is 18.0 Å². The van der Waals surface area contributed by atoms with Crippen molar-refractivity contribution in [3.63, 3.8) is 0 Å². The Morgan fingerprint density at radius 1 is 0.634 bits per heavy atom. The minimum Gasteiger partial charge on any atom is -0.493 e. The summed E-state index contributed by atoms with van der Waals surface area (Å²) in [5.41, 5.74) is 1.90. The molecule has 9 heteroatoms. The number of ether oxygens (including phenoxy) is 7. The number of hydrogen-bond donors (Lipinski definition) is 0. The average Bonchev–Trinajstić information content (AvgIpc) is 3.32. The second-order valence-electron chi connectivity index (χ2n) is 9.75. The maximum Gasteiger partial charge on any atom is 0.203 e. The number of carbonyl (C=O) groups is 1. The van der Waals surface area contributed by atoms with E-state index in [0.29, 0.717) is 56.3 Å². The van der Waals surface area contributed by atoms with Crippen molar-refractivity contribution in [2.75, 3.05) is 35.5 Å². The van der Waals surface area contributed by atoms with E-state index in [4.69, 9.17) is 33.2 Å². The van der Waals surface area contributed by atoms with Crippen molar-refractivity contribution in [3.8, 4) is 51.4 Å². The van der Waals surface area contributed by atoms with E-state index in [1.807, 2.05) is 52.0 Å². The smallest absolute Gasteiger partial charge is 0.203 e. The molecule has 0 saturated heterocycles. The lowest BCUT2D eigenvalue weighted by Crippen LogP contribution is -2.08. The number of benzene rings is 3. The highest BCUT2D eigenvalue weighted by molar-refractivity contribution is 7.21. The zero-order chi connectivity index (χ0) is 29.8. The number of thiophene rings is 1. The summed E-state index contributed by atoms with van der Waals surface area (Å²) in [5, 5.41) is 0.830. The monoisotopic (exact) mass is 580 g/mol. The Morgan fingerprint density at radius 2 is 1.20 bits per heavy atom. The molecule has 4 aromatic rings. The summed E-state index contributed by atoms with van der Waals surface area (Å²) in [6.07, 6.45) is -0.176. The first-order valence-electron chi connectivity index (χ1n) is 13.2. The van der Waals surface area contributed by atoms with Crippen molar-refractivity contribution < 1.29 is 38.0 Å². The quantitative estimate of drug-likeness (QED) is 0.160. The molecule has 0 aliphatic carbocycles. The molecule has 0 N–H and O–H groups in total. The van der Waals surface area contributed by atoms with Gasteiger partial charge in [-0.1, -0.05) is 0 Å². The second kappa shape index (κ2) is 12.6. The molecule has 218 valence electrons. The van der Waals surface area contributed by atoms with Crippen LogP contribution < -0.4 is 33.2 Å². The number of hydrogen-bond acceptors (Lipinski definition) is 9. The van der Waals surface area contributed by atoms with Crippen LogP contribution in [0.25, 0.3) is 21.2 Å². The van der Waals surface area contributed by atoms with Gasteiger partial charge in [-0.05, 0) is 69.7 Å². The van der Waals surface area contributed by atoms with Crippen molar-refractivity contribution in [1.82, 2.24) is 0 Å². The number of methoxy groups -OCH3 is 5. The molecule has 4 rings (SSSR count). The second-order valence-corrected chi connectivity index (χ2v) is 10.8. The lowest BCUT2D eigenvalue weighted by Gasteiger charge is -2.16. The van der Waals surface area contributed by atoms with E-state index >= 15 is 0 Å². The van der Waals surface area contributed by atoms with Crippen LogP contribution in [0, 0.1) is 0 Å². The van der Waals surface area contributed by atoms with E-state index in [1.54, 1.807) is 53.7 Å². The fourth-order valence-corrected chi connectivity index (χ4v) is 5.77. The minimum absolute atomic E-state index is 0.0793. The van der Waals surface area contributed by atoms with Crippen LogP contribution >= 0.6 is 11.3 Å². The van der Waals surface area contributed by atoms with Gasteiger partial charge in [0.15, 0.2) is 34.5 Å². The molecule has 0 unspecified atom stereocenters. The van der Waals surface area contributed by atoms with Gasteiger partial charge in [0.05, 0.1) is 52.6 Å². The van der Waals surface area contributed by atoms with Gasteiger partial charge in [0.1, 0.15) is 0 Å². The summed E-state index contributed by atoms with van der Waals surface area (Å²) in [4.78, 5) is 14.8. The molecule has 41 heavy (non-hydrogen) atoms. The normalized spacial score (nSPS) is 11.1. The predicted octanol–water partition coefficient (Wildman–Crippen LogP) is 7.42. The molecule has 0 fully saturated rings. The lowest BCUT2D eigenvalue weighted by molar-refractivity contribution is 0.104. The standard InChI is InChI=1S/C32H36O8S/c1-17(2)39-24-12-19(10-11-22(24)34-5)30(33)32-29(20-13-26(36-7)31(38-9)27(14-20)37-8)21-15-25(40-18(3)4)23(35-6)16-28(21)41-32/h10-18H,1-9H3. The van der Waals surface area contributed by atoms with E-state index in [9.17, 15) is 4.79 Å². The summed E-state index contributed by atoms with van der Waals surface area (Å²) >= 11 is 1.38. The Morgan fingerprint density at radius 3 is 1.71 bits per heavy atom. The molecule has 0 aliphatic heterocycles. The van der Waals surface area contributed by atoms with Crippen LogP contribution in [0.4, 0.5) is 0 Å². The summed E-state index contributed by atoms with van der Waals surface area (Å²) < 4.78 is 40.9. The molecule has 8 nitrogen and oxygen atoms in total. The van der Waals surface area contributed by atoms with Crippen LogP contribution in [-0.4, -0.2) is 53.5 Å². The van der Waals surface area contributed by atoms with Gasteiger partial charge in [0.25, 0.3) is 0 Å². The molecule has 0 atom stereocenters. The molecule has 0 spiro atoms. The summed E-state index contributed by atoms with van der Waals surface area (Å²) in [7, 11) is 7.85. The lowest BCUT2D eigenvalue weighted by atomic mass is 9.97. The minimum atomic E-state index is -0.170. The van der Waals surface area contributed by atoms with Crippen LogP contribution in [0.1, 0.15) is 42.9 Å². The van der Waals surface area contributed by atoms with E-state index < -0.39 is 0 Å². The molecule has 3 aromatic carbocycles. The topological polar surface area (TPSA) is 81.7 Å². The molecule has 1 aromatic heterocycles. The highest BCUT2D eigenvalue weighted by atomic mass is 32.1. The van der Waals surface area contributed by atoms with Gasteiger partial charge >= 0.3 is 0 Å². The molecule has 0 saturated carbocycles. The Balaban J connectivity index is 2.02. The predicted molar refractivity (Wildman–Crippen MR) is 161 cm³/mol. The van der Waals surface area contributed by atoms with E-state index in [1.165, 1.54) is 11.3 Å². The van der Waals surface area contributed by atoms with Gasteiger partial charge < -0.3 is 33.2 Å². The Kier molecular flexibility index (Phi) is 9.18. The van der Waals surface area contributed by atoms with Crippen molar-refractivity contribution in [1.29, 1.82) is 0 Å². The van der Waals surface area contributed by atoms with Crippen LogP contribution in [0.5, 0.6) is 40.2 Å². The van der Waals surface area contributed by atoms with Gasteiger partial charge in [-0.15, -0.1) is 11.3 Å². The van der Waals surface area contributed by atoms with Crippen LogP contribution in [-0.2, 0) is 0 Å². The Hall–Kier alpha value is -4.11. The third kappa shape index (κ3) is 6.00. The molecule has 1 heterocycles. The number of rotatable bonds is 12.